The van der Waals surface area contributed by atoms with Gasteiger partial charge in [0.15, 0.2) is 0 Å². The van der Waals surface area contributed by atoms with Gasteiger partial charge in [-0.05, 0) is 48.9 Å². The molecule has 1 aliphatic heterocycles. The molecule has 4 rings (SSSR count). The van der Waals surface area contributed by atoms with E-state index >= 15 is 0 Å². The highest BCUT2D eigenvalue weighted by molar-refractivity contribution is 7.89. The van der Waals surface area contributed by atoms with Crippen molar-refractivity contribution in [1.82, 2.24) is 5.43 Å². The molecule has 0 spiro atoms. The predicted molar refractivity (Wildman–Crippen MR) is 121 cm³/mol. The Kier molecular flexibility index (Phi) is 5.71. The average molecular weight is 465 g/mol. The van der Waals surface area contributed by atoms with Crippen LogP contribution in [0.2, 0.25) is 0 Å². The Labute approximate surface area is 189 Å². The van der Waals surface area contributed by atoms with Crippen LogP contribution in [0, 0.1) is 0 Å². The second kappa shape index (κ2) is 8.49. The fraction of sp³-hybridized carbons (Fsp3) is 0.0870. The first-order valence-electron chi connectivity index (χ1n) is 9.70. The summed E-state index contributed by atoms with van der Waals surface area (Å²) in [6.07, 6.45) is 0. The number of nitrogens with two attached hydrogens (primary N) is 1. The zero-order valence-electron chi connectivity index (χ0n) is 17.7. The molecule has 0 unspecified atom stereocenters. The molecule has 0 saturated carbocycles. The number of nitrogens with one attached hydrogen (secondary N) is 1. The van der Waals surface area contributed by atoms with Crippen molar-refractivity contribution in [3.8, 4) is 11.3 Å². The number of hydrazone groups is 1. The number of nitrogens with zero attached hydrogens (tertiary/aromatic N) is 1. The third-order valence-electron chi connectivity index (χ3n) is 5.06. The van der Waals surface area contributed by atoms with Crippen molar-refractivity contribution in [1.29, 1.82) is 0 Å². The van der Waals surface area contributed by atoms with Crippen LogP contribution in [-0.2, 0) is 19.6 Å². The number of rotatable bonds is 5. The van der Waals surface area contributed by atoms with Crippen LogP contribution >= 0.6 is 0 Å². The quantitative estimate of drug-likeness (QED) is 0.438. The molecule has 168 valence electrons. The van der Waals surface area contributed by atoms with Gasteiger partial charge in [0.25, 0.3) is 5.91 Å². The molecule has 0 fully saturated rings. The summed E-state index contributed by atoms with van der Waals surface area (Å²) in [5, 5.41) is 9.18. The van der Waals surface area contributed by atoms with Gasteiger partial charge in [0.1, 0.15) is 11.5 Å². The summed E-state index contributed by atoms with van der Waals surface area (Å²) in [5.41, 5.74) is 5.14. The molecule has 9 nitrogen and oxygen atoms in total. The van der Waals surface area contributed by atoms with Gasteiger partial charge in [-0.1, -0.05) is 24.3 Å². The third kappa shape index (κ3) is 4.34. The van der Waals surface area contributed by atoms with E-state index in [-0.39, 0.29) is 4.90 Å². The van der Waals surface area contributed by atoms with Gasteiger partial charge in [0.2, 0.25) is 10.0 Å². The molecule has 0 aliphatic carbocycles. The molecule has 33 heavy (non-hydrogen) atoms. The molecule has 0 radical (unpaired) electrons. The fourth-order valence-electron chi connectivity index (χ4n) is 3.47. The number of methoxy groups -OCH3 is 1. The number of hydrogen-bond acceptors (Lipinski definition) is 7. The predicted octanol–water partition coefficient (Wildman–Crippen LogP) is 2.69. The van der Waals surface area contributed by atoms with Crippen molar-refractivity contribution in [2.75, 3.05) is 7.11 Å². The molecule has 2 heterocycles. The van der Waals surface area contributed by atoms with E-state index in [1.165, 1.54) is 19.2 Å². The smallest absolute Gasteiger partial charge is 0.337 e. The lowest BCUT2D eigenvalue weighted by molar-refractivity contribution is -0.116. The first-order valence-corrected chi connectivity index (χ1v) is 11.2. The summed E-state index contributed by atoms with van der Waals surface area (Å²) in [5.74, 6) is -0.0686. The maximum atomic E-state index is 12.5. The van der Waals surface area contributed by atoms with E-state index < -0.39 is 21.9 Å². The van der Waals surface area contributed by atoms with Crippen molar-refractivity contribution in [2.24, 2.45) is 10.2 Å². The molecule has 3 aromatic rings. The summed E-state index contributed by atoms with van der Waals surface area (Å²) in [4.78, 5) is 24.3. The Hall–Kier alpha value is -4.02. The first kappa shape index (κ1) is 22.2. The van der Waals surface area contributed by atoms with Crippen LogP contribution in [0.3, 0.4) is 0 Å². The normalized spacial score (nSPS) is 15.1. The maximum Gasteiger partial charge on any atom is 0.337 e. The Bertz CT molecular complexity index is 1430. The van der Waals surface area contributed by atoms with Gasteiger partial charge in [-0.2, -0.15) is 5.10 Å². The standard InChI is InChI=1S/C23H19N3O6S/c1-13-20(22(27)26-25-13)21(14-6-8-17(9-7-14)33(24,29)30)19-11-10-18(32-19)15-4-3-5-16(12-15)23(28)31-2/h3-12H,1-2H3,(H,26,27)(H2,24,29,30). The highest BCUT2D eigenvalue weighted by atomic mass is 32.2. The largest absolute Gasteiger partial charge is 0.465 e. The van der Waals surface area contributed by atoms with Gasteiger partial charge >= 0.3 is 5.97 Å². The van der Waals surface area contributed by atoms with Crippen molar-refractivity contribution < 1.29 is 27.2 Å². The second-order valence-electron chi connectivity index (χ2n) is 7.19. The third-order valence-corrected chi connectivity index (χ3v) is 5.99. The highest BCUT2D eigenvalue weighted by Crippen LogP contribution is 2.34. The molecule has 10 heteroatoms. The minimum atomic E-state index is -3.88. The van der Waals surface area contributed by atoms with Crippen LogP contribution in [0.5, 0.6) is 0 Å². The zero-order chi connectivity index (χ0) is 23.8. The van der Waals surface area contributed by atoms with Gasteiger partial charge in [-0.25, -0.2) is 23.8 Å². The van der Waals surface area contributed by atoms with E-state index in [4.69, 9.17) is 14.3 Å². The summed E-state index contributed by atoms with van der Waals surface area (Å²) in [7, 11) is -2.57. The maximum absolute atomic E-state index is 12.5. The highest BCUT2D eigenvalue weighted by Gasteiger charge is 2.27. The van der Waals surface area contributed by atoms with Crippen molar-refractivity contribution in [3.05, 3.63) is 83.1 Å². The van der Waals surface area contributed by atoms with E-state index in [0.29, 0.717) is 45.1 Å². The lowest BCUT2D eigenvalue weighted by Crippen LogP contribution is -2.15. The first-order chi connectivity index (χ1) is 15.7. The lowest BCUT2D eigenvalue weighted by Gasteiger charge is -2.10. The van der Waals surface area contributed by atoms with Gasteiger partial charge in [0.05, 0.1) is 28.9 Å². The number of furan rings is 1. The molecule has 3 N–H and O–H groups in total. The van der Waals surface area contributed by atoms with Crippen LogP contribution in [0.1, 0.15) is 28.6 Å². The van der Waals surface area contributed by atoms with Gasteiger partial charge in [-0.15, -0.1) is 0 Å². The minimum Gasteiger partial charge on any atom is -0.465 e. The molecule has 1 aliphatic rings. The molecule has 0 saturated heterocycles. The minimum absolute atomic E-state index is 0.0587. The fourth-order valence-corrected chi connectivity index (χ4v) is 3.99. The van der Waals surface area contributed by atoms with E-state index in [2.05, 4.69) is 10.5 Å². The van der Waals surface area contributed by atoms with Crippen molar-refractivity contribution in [3.63, 3.8) is 0 Å². The Morgan fingerprint density at radius 1 is 1.06 bits per heavy atom. The number of primary sulfonamides is 1. The molecule has 1 amide bonds. The lowest BCUT2D eigenvalue weighted by atomic mass is 9.95. The summed E-state index contributed by atoms with van der Waals surface area (Å²) >= 11 is 0. The molecular weight excluding hydrogens is 446 g/mol. The zero-order valence-corrected chi connectivity index (χ0v) is 18.5. The van der Waals surface area contributed by atoms with E-state index in [1.807, 2.05) is 0 Å². The number of benzene rings is 2. The number of carbonyl (C=O) groups is 2. The van der Waals surface area contributed by atoms with Crippen LogP contribution in [0.25, 0.3) is 16.9 Å². The van der Waals surface area contributed by atoms with Crippen molar-refractivity contribution in [2.45, 2.75) is 11.8 Å². The summed E-state index contributed by atoms with van der Waals surface area (Å²) in [6.45, 7) is 1.68. The average Bonchev–Trinajstić information content (AvgIpc) is 3.41. The topological polar surface area (TPSA) is 141 Å². The number of ether oxygens (including phenoxy) is 1. The number of amides is 1. The Balaban J connectivity index is 1.84. The number of carbonyl (C=O) groups excluding carboxylic acids is 2. The SMILES string of the molecule is COC(=O)c1cccc(-c2ccc(C(=C3C(=O)NN=C3C)c3ccc(S(N)(=O)=O)cc3)o2)c1. The molecular formula is C23H19N3O6S. The van der Waals surface area contributed by atoms with Crippen LogP contribution in [0.4, 0.5) is 0 Å². The molecule has 1 aromatic heterocycles. The molecule has 0 bridgehead atoms. The number of esters is 1. The summed E-state index contributed by atoms with van der Waals surface area (Å²) in [6, 6.07) is 15.9. The van der Waals surface area contributed by atoms with Crippen LogP contribution in [0.15, 0.2) is 80.7 Å². The van der Waals surface area contributed by atoms with Crippen LogP contribution < -0.4 is 10.6 Å². The number of sulfonamides is 1. The van der Waals surface area contributed by atoms with Crippen LogP contribution in [-0.4, -0.2) is 33.1 Å². The van der Waals surface area contributed by atoms with E-state index in [9.17, 15) is 18.0 Å². The molecule has 2 aromatic carbocycles. The monoisotopic (exact) mass is 465 g/mol. The van der Waals surface area contributed by atoms with E-state index in [0.717, 1.165) is 0 Å². The van der Waals surface area contributed by atoms with Gasteiger partial charge in [0, 0.05) is 11.1 Å². The Morgan fingerprint density at radius 2 is 1.79 bits per heavy atom. The molecule has 0 atom stereocenters. The summed E-state index contributed by atoms with van der Waals surface area (Å²) < 4.78 is 34.1. The van der Waals surface area contributed by atoms with Gasteiger partial charge in [-0.3, -0.25) is 4.79 Å². The van der Waals surface area contributed by atoms with E-state index in [1.54, 1.807) is 55.5 Å². The Morgan fingerprint density at radius 3 is 2.39 bits per heavy atom. The number of hydrogen-bond donors (Lipinski definition) is 2. The second-order valence-corrected chi connectivity index (χ2v) is 8.76. The van der Waals surface area contributed by atoms with Gasteiger partial charge < -0.3 is 9.15 Å². The van der Waals surface area contributed by atoms with Crippen molar-refractivity contribution >= 4 is 33.2 Å².